The van der Waals surface area contributed by atoms with Crippen LogP contribution < -0.4 is 5.32 Å². The molecule has 1 aliphatic rings. The predicted molar refractivity (Wildman–Crippen MR) is 73.4 cm³/mol. The Labute approximate surface area is 118 Å². The summed E-state index contributed by atoms with van der Waals surface area (Å²) in [6.07, 6.45) is 0.933. The normalized spacial score (nSPS) is 20.6. The number of nitrogens with one attached hydrogen (secondary N) is 1. The van der Waals surface area contributed by atoms with Crippen LogP contribution in [0.3, 0.4) is 0 Å². The molecule has 1 aromatic carbocycles. The third-order valence-corrected chi connectivity index (χ3v) is 3.49. The first kappa shape index (κ1) is 14.7. The van der Waals surface area contributed by atoms with Crippen LogP contribution in [0.5, 0.6) is 0 Å². The fourth-order valence-electron chi connectivity index (χ4n) is 2.45. The second kappa shape index (κ2) is 6.13. The molecule has 108 valence electrons. The quantitative estimate of drug-likeness (QED) is 0.838. The monoisotopic (exact) mass is 278 g/mol. The maximum Gasteiger partial charge on any atom is 0.246 e. The van der Waals surface area contributed by atoms with Gasteiger partial charge in [0.2, 0.25) is 11.8 Å². The summed E-state index contributed by atoms with van der Waals surface area (Å²) in [5, 5.41) is 3.11. The smallest absolute Gasteiger partial charge is 0.246 e. The molecule has 1 fully saturated rings. The Kier molecular flexibility index (Phi) is 4.49. The molecule has 2 rings (SSSR count). The van der Waals surface area contributed by atoms with Gasteiger partial charge in [-0.25, -0.2) is 4.39 Å². The Bertz CT molecular complexity index is 518. The third kappa shape index (κ3) is 3.04. The lowest BCUT2D eigenvalue weighted by Crippen LogP contribution is -2.40. The molecule has 4 nitrogen and oxygen atoms in total. The molecule has 2 unspecified atom stereocenters. The van der Waals surface area contributed by atoms with Crippen molar-refractivity contribution in [3.05, 3.63) is 35.6 Å². The number of likely N-dealkylation sites (tertiary alicyclic amines) is 1. The Morgan fingerprint density at radius 1 is 1.45 bits per heavy atom. The molecule has 0 aliphatic carbocycles. The molecule has 1 aliphatic heterocycles. The van der Waals surface area contributed by atoms with Gasteiger partial charge in [0, 0.05) is 12.6 Å². The van der Waals surface area contributed by atoms with Gasteiger partial charge in [0.15, 0.2) is 0 Å². The summed E-state index contributed by atoms with van der Waals surface area (Å²) in [5.74, 6) is -0.626. The van der Waals surface area contributed by atoms with Gasteiger partial charge in [0.25, 0.3) is 0 Å². The maximum atomic E-state index is 13.2. The number of nitrogens with zero attached hydrogens (tertiary/aromatic N) is 1. The fourth-order valence-corrected chi connectivity index (χ4v) is 2.45. The maximum absolute atomic E-state index is 13.2. The minimum Gasteiger partial charge on any atom is -0.299 e. The molecule has 0 aromatic heterocycles. The molecule has 2 atom stereocenters. The summed E-state index contributed by atoms with van der Waals surface area (Å²) in [7, 11) is 0. The SMILES string of the molecule is CCCN1C(=O)CC(NC(C)c2cccc(F)c2)C1=O. The molecule has 20 heavy (non-hydrogen) atoms. The zero-order chi connectivity index (χ0) is 14.7. The second-order valence-electron chi connectivity index (χ2n) is 5.08. The van der Waals surface area contributed by atoms with Crippen molar-refractivity contribution in [3.63, 3.8) is 0 Å². The lowest BCUT2D eigenvalue weighted by molar-refractivity contribution is -0.138. The van der Waals surface area contributed by atoms with Gasteiger partial charge < -0.3 is 0 Å². The van der Waals surface area contributed by atoms with Crippen LogP contribution in [-0.2, 0) is 9.59 Å². The van der Waals surface area contributed by atoms with Crippen LogP contribution in [0.25, 0.3) is 0 Å². The number of hydrogen-bond acceptors (Lipinski definition) is 3. The molecule has 0 radical (unpaired) electrons. The van der Waals surface area contributed by atoms with Crippen molar-refractivity contribution in [2.75, 3.05) is 6.54 Å². The number of carbonyl (C=O) groups excluding carboxylic acids is 2. The van der Waals surface area contributed by atoms with E-state index in [9.17, 15) is 14.0 Å². The topological polar surface area (TPSA) is 49.4 Å². The third-order valence-electron chi connectivity index (χ3n) is 3.49. The highest BCUT2D eigenvalue weighted by Crippen LogP contribution is 2.19. The Morgan fingerprint density at radius 2 is 2.20 bits per heavy atom. The molecule has 1 heterocycles. The van der Waals surface area contributed by atoms with Crippen molar-refractivity contribution in [2.24, 2.45) is 0 Å². The largest absolute Gasteiger partial charge is 0.299 e. The minimum atomic E-state index is -0.507. The van der Waals surface area contributed by atoms with Crippen molar-refractivity contribution in [2.45, 2.75) is 38.8 Å². The van der Waals surface area contributed by atoms with Crippen LogP contribution in [0.2, 0.25) is 0 Å². The highest BCUT2D eigenvalue weighted by atomic mass is 19.1. The number of amides is 2. The van der Waals surface area contributed by atoms with Gasteiger partial charge in [0.05, 0.1) is 12.5 Å². The Balaban J connectivity index is 2.03. The van der Waals surface area contributed by atoms with E-state index in [0.29, 0.717) is 6.54 Å². The van der Waals surface area contributed by atoms with Gasteiger partial charge in [-0.05, 0) is 31.0 Å². The highest BCUT2D eigenvalue weighted by molar-refractivity contribution is 6.05. The zero-order valence-corrected chi connectivity index (χ0v) is 11.7. The Morgan fingerprint density at radius 3 is 2.85 bits per heavy atom. The molecule has 0 saturated carbocycles. The molecule has 0 spiro atoms. The van der Waals surface area contributed by atoms with Crippen molar-refractivity contribution < 1.29 is 14.0 Å². The average molecular weight is 278 g/mol. The van der Waals surface area contributed by atoms with Crippen molar-refractivity contribution in [3.8, 4) is 0 Å². The molecule has 5 heteroatoms. The summed E-state index contributed by atoms with van der Waals surface area (Å²) in [6, 6.07) is 5.55. The van der Waals surface area contributed by atoms with E-state index in [-0.39, 0.29) is 30.1 Å². The lowest BCUT2D eigenvalue weighted by Gasteiger charge is -2.19. The number of halogens is 1. The first-order valence-corrected chi connectivity index (χ1v) is 6.88. The van der Waals surface area contributed by atoms with Crippen molar-refractivity contribution in [1.82, 2.24) is 10.2 Å². The number of hydrogen-bond donors (Lipinski definition) is 1. The minimum absolute atomic E-state index is 0.138. The fraction of sp³-hybridized carbons (Fsp3) is 0.467. The van der Waals surface area contributed by atoms with Crippen LogP contribution in [0, 0.1) is 5.82 Å². The number of rotatable bonds is 5. The van der Waals surface area contributed by atoms with Gasteiger partial charge in [-0.1, -0.05) is 19.1 Å². The van der Waals surface area contributed by atoms with Gasteiger partial charge in [-0.15, -0.1) is 0 Å². The summed E-state index contributed by atoms with van der Waals surface area (Å²) >= 11 is 0. The second-order valence-corrected chi connectivity index (χ2v) is 5.08. The van der Waals surface area contributed by atoms with Gasteiger partial charge in [-0.3, -0.25) is 19.8 Å². The molecule has 1 aromatic rings. The summed E-state index contributed by atoms with van der Waals surface area (Å²) in [6.45, 7) is 4.25. The highest BCUT2D eigenvalue weighted by Gasteiger charge is 2.38. The van der Waals surface area contributed by atoms with E-state index in [4.69, 9.17) is 0 Å². The molecular weight excluding hydrogens is 259 g/mol. The number of benzene rings is 1. The van der Waals surface area contributed by atoms with Crippen LogP contribution in [0.15, 0.2) is 24.3 Å². The molecule has 2 amide bonds. The van der Waals surface area contributed by atoms with Crippen LogP contribution in [-0.4, -0.2) is 29.3 Å². The standard InChI is InChI=1S/C15H19FN2O2/c1-3-7-18-14(19)9-13(15(18)20)17-10(2)11-5-4-6-12(16)8-11/h4-6,8,10,13,17H,3,7,9H2,1-2H3. The molecule has 1 N–H and O–H groups in total. The number of carbonyl (C=O) groups is 2. The van der Waals surface area contributed by atoms with E-state index in [1.807, 2.05) is 13.8 Å². The first-order valence-electron chi connectivity index (χ1n) is 6.88. The van der Waals surface area contributed by atoms with Crippen LogP contribution >= 0.6 is 0 Å². The van der Waals surface area contributed by atoms with Gasteiger partial charge in [-0.2, -0.15) is 0 Å². The Hall–Kier alpha value is -1.75. The van der Waals surface area contributed by atoms with E-state index in [2.05, 4.69) is 5.32 Å². The van der Waals surface area contributed by atoms with Crippen molar-refractivity contribution in [1.29, 1.82) is 0 Å². The van der Waals surface area contributed by atoms with Crippen LogP contribution in [0.4, 0.5) is 4.39 Å². The van der Waals surface area contributed by atoms with E-state index >= 15 is 0 Å². The number of imide groups is 1. The van der Waals surface area contributed by atoms with Gasteiger partial charge in [0.1, 0.15) is 5.82 Å². The average Bonchev–Trinajstić information content (AvgIpc) is 2.67. The van der Waals surface area contributed by atoms with Crippen molar-refractivity contribution >= 4 is 11.8 Å². The predicted octanol–water partition coefficient (Wildman–Crippen LogP) is 2.01. The van der Waals surface area contributed by atoms with E-state index in [1.54, 1.807) is 12.1 Å². The summed E-state index contributed by atoms with van der Waals surface area (Å²) < 4.78 is 13.2. The molecule has 0 bridgehead atoms. The van der Waals surface area contributed by atoms with Crippen LogP contribution in [0.1, 0.15) is 38.3 Å². The van der Waals surface area contributed by atoms with Gasteiger partial charge >= 0.3 is 0 Å². The molecule has 1 saturated heterocycles. The molecular formula is C15H19FN2O2. The van der Waals surface area contributed by atoms with E-state index < -0.39 is 6.04 Å². The summed E-state index contributed by atoms with van der Waals surface area (Å²) in [5.41, 5.74) is 0.763. The lowest BCUT2D eigenvalue weighted by atomic mass is 10.1. The first-order chi connectivity index (χ1) is 9.52. The van der Waals surface area contributed by atoms with E-state index in [0.717, 1.165) is 12.0 Å². The van der Waals surface area contributed by atoms with E-state index in [1.165, 1.54) is 17.0 Å². The summed E-state index contributed by atoms with van der Waals surface area (Å²) in [4.78, 5) is 25.2. The zero-order valence-electron chi connectivity index (χ0n) is 11.7.